The Morgan fingerprint density at radius 2 is 1.83 bits per heavy atom. The molecule has 0 radical (unpaired) electrons. The third-order valence-electron chi connectivity index (χ3n) is 3.53. The van der Waals surface area contributed by atoms with Gasteiger partial charge >= 0.3 is 5.97 Å². The van der Waals surface area contributed by atoms with Crippen LogP contribution in [-0.4, -0.2) is 18.4 Å². The molecule has 1 aromatic heterocycles. The quantitative estimate of drug-likeness (QED) is 0.541. The number of hydrogen-bond acceptors (Lipinski definition) is 4. The average Bonchev–Trinajstić information content (AvgIpc) is 2.92. The maximum Gasteiger partial charge on any atom is 0.375 e. The van der Waals surface area contributed by atoms with Crippen molar-refractivity contribution in [2.45, 2.75) is 6.92 Å². The summed E-state index contributed by atoms with van der Waals surface area (Å²) in [7, 11) is 0. The molecule has 1 heterocycles. The number of fused-ring (bicyclic) bond motifs is 1. The van der Waals surface area contributed by atoms with Crippen LogP contribution in [0.4, 0.5) is 4.39 Å². The molecule has 0 aliphatic heterocycles. The normalized spacial score (nSPS) is 10.7. The summed E-state index contributed by atoms with van der Waals surface area (Å²) in [6.07, 6.45) is 0. The Balaban J connectivity index is 1.78. The molecule has 4 nitrogen and oxygen atoms in total. The molecule has 0 saturated heterocycles. The van der Waals surface area contributed by atoms with Gasteiger partial charge < -0.3 is 9.15 Å². The molecule has 2 aromatic carbocycles. The van der Waals surface area contributed by atoms with Crippen molar-refractivity contribution >= 4 is 22.7 Å². The van der Waals surface area contributed by atoms with Crippen LogP contribution in [0.3, 0.4) is 0 Å². The molecule has 0 spiro atoms. The lowest BCUT2D eigenvalue weighted by Crippen LogP contribution is -2.14. The van der Waals surface area contributed by atoms with E-state index in [1.165, 1.54) is 12.1 Å². The Morgan fingerprint density at radius 1 is 1.09 bits per heavy atom. The fourth-order valence-electron chi connectivity index (χ4n) is 2.31. The van der Waals surface area contributed by atoms with Crippen LogP contribution in [0.1, 0.15) is 26.5 Å². The van der Waals surface area contributed by atoms with Gasteiger partial charge in [-0.15, -0.1) is 0 Å². The Morgan fingerprint density at radius 3 is 2.52 bits per heavy atom. The topological polar surface area (TPSA) is 56.5 Å². The largest absolute Gasteiger partial charge is 0.451 e. The second-order valence-electron chi connectivity index (χ2n) is 5.04. The highest BCUT2D eigenvalue weighted by Gasteiger charge is 2.21. The number of aryl methyl sites for hydroxylation is 1. The van der Waals surface area contributed by atoms with E-state index >= 15 is 0 Å². The zero-order valence-electron chi connectivity index (χ0n) is 12.3. The lowest BCUT2D eigenvalue weighted by atomic mass is 10.1. The van der Waals surface area contributed by atoms with Crippen LogP contribution in [0, 0.1) is 12.7 Å². The van der Waals surface area contributed by atoms with Crippen LogP contribution < -0.4 is 0 Å². The SMILES string of the molecule is Cc1c(C(=O)OCC(=O)c2ccccc2)oc2c(F)cccc12. The van der Waals surface area contributed by atoms with Crippen LogP contribution in [0.25, 0.3) is 11.0 Å². The monoisotopic (exact) mass is 312 g/mol. The molecule has 0 aliphatic carbocycles. The number of rotatable bonds is 4. The van der Waals surface area contributed by atoms with Gasteiger partial charge in [0.15, 0.2) is 23.8 Å². The first-order valence-corrected chi connectivity index (χ1v) is 7.01. The predicted octanol–water partition coefficient (Wildman–Crippen LogP) is 3.92. The molecule has 0 bridgehead atoms. The van der Waals surface area contributed by atoms with Gasteiger partial charge in [-0.05, 0) is 13.0 Å². The zero-order valence-corrected chi connectivity index (χ0v) is 12.3. The number of carbonyl (C=O) groups is 2. The summed E-state index contributed by atoms with van der Waals surface area (Å²) in [5, 5.41) is 0.506. The van der Waals surface area contributed by atoms with E-state index < -0.39 is 18.4 Å². The first-order chi connectivity index (χ1) is 11.1. The van der Waals surface area contributed by atoms with Gasteiger partial charge in [-0.3, -0.25) is 4.79 Å². The minimum Gasteiger partial charge on any atom is -0.451 e. The van der Waals surface area contributed by atoms with Crippen molar-refractivity contribution in [1.29, 1.82) is 0 Å². The maximum atomic E-state index is 13.7. The smallest absolute Gasteiger partial charge is 0.375 e. The van der Waals surface area contributed by atoms with E-state index in [0.717, 1.165) is 0 Å². The van der Waals surface area contributed by atoms with Gasteiger partial charge in [0, 0.05) is 16.5 Å². The number of furan rings is 1. The molecule has 0 atom stereocenters. The van der Waals surface area contributed by atoms with Gasteiger partial charge in [0.2, 0.25) is 5.76 Å². The van der Waals surface area contributed by atoms with Crippen LogP contribution in [0.15, 0.2) is 52.9 Å². The Kier molecular flexibility index (Phi) is 3.93. The second kappa shape index (κ2) is 6.04. The third kappa shape index (κ3) is 2.85. The summed E-state index contributed by atoms with van der Waals surface area (Å²) in [6.45, 7) is 1.24. The number of ketones is 1. The van der Waals surface area contributed by atoms with Crippen molar-refractivity contribution in [3.63, 3.8) is 0 Å². The number of ether oxygens (including phenoxy) is 1. The lowest BCUT2D eigenvalue weighted by molar-refractivity contribution is 0.0445. The summed E-state index contributed by atoms with van der Waals surface area (Å²) in [5.41, 5.74) is 0.940. The Bertz CT molecular complexity index is 881. The molecule has 0 saturated carbocycles. The number of benzene rings is 2. The molecular formula is C18H13FO4. The second-order valence-corrected chi connectivity index (χ2v) is 5.04. The summed E-state index contributed by atoms with van der Waals surface area (Å²) < 4.78 is 23.9. The maximum absolute atomic E-state index is 13.7. The number of Topliss-reactive ketones (excluding diaryl/α,β-unsaturated/α-hetero) is 1. The van der Waals surface area contributed by atoms with E-state index in [0.29, 0.717) is 16.5 Å². The van der Waals surface area contributed by atoms with E-state index in [2.05, 4.69) is 0 Å². The average molecular weight is 312 g/mol. The van der Waals surface area contributed by atoms with Gasteiger partial charge in [-0.2, -0.15) is 0 Å². The van der Waals surface area contributed by atoms with E-state index in [1.807, 2.05) is 0 Å². The Labute approximate surface area is 131 Å². The van der Waals surface area contributed by atoms with Crippen LogP contribution in [-0.2, 0) is 4.74 Å². The molecule has 3 aromatic rings. The molecule has 0 aliphatic rings. The molecule has 0 amide bonds. The van der Waals surface area contributed by atoms with Gasteiger partial charge in [-0.25, -0.2) is 9.18 Å². The van der Waals surface area contributed by atoms with Crippen LogP contribution in [0.5, 0.6) is 0 Å². The Hall–Kier alpha value is -2.95. The molecule has 116 valence electrons. The van der Waals surface area contributed by atoms with Crippen molar-refractivity contribution in [3.8, 4) is 0 Å². The van der Waals surface area contributed by atoms with E-state index in [9.17, 15) is 14.0 Å². The van der Waals surface area contributed by atoms with Crippen molar-refractivity contribution in [1.82, 2.24) is 0 Å². The fraction of sp³-hybridized carbons (Fsp3) is 0.111. The number of esters is 1. The van der Waals surface area contributed by atoms with Crippen LogP contribution >= 0.6 is 0 Å². The van der Waals surface area contributed by atoms with E-state index in [1.54, 1.807) is 43.3 Å². The van der Waals surface area contributed by atoms with E-state index in [-0.39, 0.29) is 17.1 Å². The predicted molar refractivity (Wildman–Crippen MR) is 82.0 cm³/mol. The third-order valence-corrected chi connectivity index (χ3v) is 3.53. The summed E-state index contributed by atoms with van der Waals surface area (Å²) in [4.78, 5) is 24.0. The van der Waals surface area contributed by atoms with Crippen LogP contribution in [0.2, 0.25) is 0 Å². The number of hydrogen-bond donors (Lipinski definition) is 0. The summed E-state index contributed by atoms with van der Waals surface area (Å²) in [5.74, 6) is -1.75. The lowest BCUT2D eigenvalue weighted by Gasteiger charge is -2.03. The molecule has 3 rings (SSSR count). The standard InChI is InChI=1S/C18H13FO4/c1-11-13-8-5-9-14(19)17(13)23-16(11)18(21)22-10-15(20)12-6-3-2-4-7-12/h2-9H,10H2,1H3. The van der Waals surface area contributed by atoms with Gasteiger partial charge in [-0.1, -0.05) is 42.5 Å². The summed E-state index contributed by atoms with van der Waals surface area (Å²) >= 11 is 0. The highest BCUT2D eigenvalue weighted by molar-refractivity contribution is 6.00. The number of halogens is 1. The molecule has 23 heavy (non-hydrogen) atoms. The summed E-state index contributed by atoms with van der Waals surface area (Å²) in [6, 6.07) is 12.9. The van der Waals surface area contributed by atoms with Gasteiger partial charge in [0.05, 0.1) is 0 Å². The highest BCUT2D eigenvalue weighted by Crippen LogP contribution is 2.27. The van der Waals surface area contributed by atoms with Crippen molar-refractivity contribution < 1.29 is 23.1 Å². The van der Waals surface area contributed by atoms with E-state index in [4.69, 9.17) is 9.15 Å². The molecular weight excluding hydrogens is 299 g/mol. The van der Waals surface area contributed by atoms with Gasteiger partial charge in [0.1, 0.15) is 0 Å². The first-order valence-electron chi connectivity index (χ1n) is 7.01. The highest BCUT2D eigenvalue weighted by atomic mass is 19.1. The molecule has 5 heteroatoms. The van der Waals surface area contributed by atoms with Gasteiger partial charge in [0.25, 0.3) is 0 Å². The minimum atomic E-state index is -0.789. The van der Waals surface area contributed by atoms with Crippen molar-refractivity contribution in [2.24, 2.45) is 0 Å². The molecule has 0 unspecified atom stereocenters. The minimum absolute atomic E-state index is 0.00587. The fourth-order valence-corrected chi connectivity index (χ4v) is 2.31. The zero-order chi connectivity index (χ0) is 16.4. The molecule has 0 fully saturated rings. The number of carbonyl (C=O) groups excluding carboxylic acids is 2. The molecule has 0 N–H and O–H groups in total. The van der Waals surface area contributed by atoms with Crippen molar-refractivity contribution in [3.05, 3.63) is 71.2 Å². The first kappa shape index (κ1) is 15.0. The van der Waals surface area contributed by atoms with Crippen molar-refractivity contribution in [2.75, 3.05) is 6.61 Å². The number of para-hydroxylation sites is 1.